The van der Waals surface area contributed by atoms with Gasteiger partial charge < -0.3 is 10.4 Å². The summed E-state index contributed by atoms with van der Waals surface area (Å²) in [5.74, 6) is -0.615. The Bertz CT molecular complexity index is 950. The van der Waals surface area contributed by atoms with Gasteiger partial charge in [-0.05, 0) is 6.92 Å². The van der Waals surface area contributed by atoms with Crippen molar-refractivity contribution in [3.05, 3.63) is 63.5 Å². The molecule has 9 nitrogen and oxygen atoms in total. The lowest BCUT2D eigenvalue weighted by Gasteiger charge is -2.05. The molecule has 0 unspecified atom stereocenters. The zero-order valence-corrected chi connectivity index (χ0v) is 12.6. The summed E-state index contributed by atoms with van der Waals surface area (Å²) < 4.78 is 1.15. The van der Waals surface area contributed by atoms with Gasteiger partial charge in [0.2, 0.25) is 5.88 Å². The van der Waals surface area contributed by atoms with Crippen molar-refractivity contribution in [2.45, 2.75) is 13.5 Å². The first-order valence-electron chi connectivity index (χ1n) is 7.02. The van der Waals surface area contributed by atoms with Crippen molar-refractivity contribution in [2.75, 3.05) is 0 Å². The van der Waals surface area contributed by atoms with E-state index in [1.165, 1.54) is 18.3 Å². The standard InChI is InChI=1S/C15H13N5O4/c1-9-6-13(21)19-14(18-9)11(8-17-19)15(22)16-7-10-4-2-3-5-12(10)20(23)24/h2-6,8,21H,7H2,1H3,(H,16,22). The van der Waals surface area contributed by atoms with Gasteiger partial charge in [0.05, 0.1) is 11.1 Å². The molecular weight excluding hydrogens is 314 g/mol. The maximum atomic E-state index is 12.3. The van der Waals surface area contributed by atoms with Gasteiger partial charge in [0.15, 0.2) is 5.65 Å². The van der Waals surface area contributed by atoms with Crippen LogP contribution in [-0.2, 0) is 6.54 Å². The molecule has 0 aliphatic carbocycles. The van der Waals surface area contributed by atoms with Crippen LogP contribution >= 0.6 is 0 Å². The van der Waals surface area contributed by atoms with E-state index in [0.717, 1.165) is 4.52 Å². The van der Waals surface area contributed by atoms with Crippen LogP contribution in [0.5, 0.6) is 5.88 Å². The maximum absolute atomic E-state index is 12.3. The van der Waals surface area contributed by atoms with E-state index in [1.54, 1.807) is 25.1 Å². The van der Waals surface area contributed by atoms with Crippen molar-refractivity contribution in [1.29, 1.82) is 0 Å². The van der Waals surface area contributed by atoms with Crippen molar-refractivity contribution >= 4 is 17.2 Å². The van der Waals surface area contributed by atoms with Crippen LogP contribution in [0.4, 0.5) is 5.69 Å². The number of para-hydroxylation sites is 1. The molecule has 1 aromatic carbocycles. The number of nitro benzene ring substituents is 1. The van der Waals surface area contributed by atoms with Gasteiger partial charge in [-0.1, -0.05) is 18.2 Å². The molecule has 3 rings (SSSR count). The molecule has 0 radical (unpaired) electrons. The summed E-state index contributed by atoms with van der Waals surface area (Å²) in [6, 6.07) is 7.59. The highest BCUT2D eigenvalue weighted by molar-refractivity contribution is 5.99. The number of aromatic hydroxyl groups is 1. The Balaban J connectivity index is 1.85. The first-order valence-corrected chi connectivity index (χ1v) is 7.02. The highest BCUT2D eigenvalue weighted by atomic mass is 16.6. The van der Waals surface area contributed by atoms with Crippen LogP contribution in [0.2, 0.25) is 0 Å². The smallest absolute Gasteiger partial charge is 0.274 e. The number of fused-ring (bicyclic) bond motifs is 1. The number of nitrogens with zero attached hydrogens (tertiary/aromatic N) is 4. The zero-order valence-electron chi connectivity index (χ0n) is 12.6. The molecule has 2 heterocycles. The third kappa shape index (κ3) is 2.74. The van der Waals surface area contributed by atoms with Gasteiger partial charge in [0, 0.05) is 29.9 Å². The number of nitro groups is 1. The number of carbonyl (C=O) groups is 1. The van der Waals surface area contributed by atoms with Gasteiger partial charge in [-0.25, -0.2) is 4.98 Å². The molecule has 0 saturated heterocycles. The van der Waals surface area contributed by atoms with Gasteiger partial charge in [-0.3, -0.25) is 14.9 Å². The van der Waals surface area contributed by atoms with Crippen molar-refractivity contribution in [1.82, 2.24) is 19.9 Å². The number of nitrogens with one attached hydrogen (secondary N) is 1. The molecule has 0 atom stereocenters. The Morgan fingerprint density at radius 3 is 2.92 bits per heavy atom. The molecule has 24 heavy (non-hydrogen) atoms. The molecule has 0 fully saturated rings. The van der Waals surface area contributed by atoms with Crippen LogP contribution in [0, 0.1) is 17.0 Å². The minimum Gasteiger partial charge on any atom is -0.493 e. The monoisotopic (exact) mass is 327 g/mol. The zero-order chi connectivity index (χ0) is 17.3. The summed E-state index contributed by atoms with van der Waals surface area (Å²) in [4.78, 5) is 27.0. The summed E-state index contributed by atoms with van der Waals surface area (Å²) >= 11 is 0. The third-order valence-corrected chi connectivity index (χ3v) is 3.45. The fourth-order valence-corrected chi connectivity index (χ4v) is 2.33. The predicted molar refractivity (Wildman–Crippen MR) is 83.7 cm³/mol. The topological polar surface area (TPSA) is 123 Å². The first kappa shape index (κ1) is 15.4. The van der Waals surface area contributed by atoms with Crippen LogP contribution < -0.4 is 5.32 Å². The minimum atomic E-state index is -0.500. The Morgan fingerprint density at radius 1 is 1.42 bits per heavy atom. The van der Waals surface area contributed by atoms with Gasteiger partial charge in [-0.15, -0.1) is 0 Å². The molecular formula is C15H13N5O4. The molecule has 9 heteroatoms. The van der Waals surface area contributed by atoms with Gasteiger partial charge >= 0.3 is 0 Å². The number of benzene rings is 1. The summed E-state index contributed by atoms with van der Waals surface area (Å²) in [5, 5.41) is 27.3. The van der Waals surface area contributed by atoms with E-state index in [2.05, 4.69) is 15.4 Å². The lowest BCUT2D eigenvalue weighted by molar-refractivity contribution is -0.385. The second kappa shape index (κ2) is 5.95. The van der Waals surface area contributed by atoms with Crippen LogP contribution in [0.25, 0.3) is 5.65 Å². The summed E-state index contributed by atoms with van der Waals surface area (Å²) in [6.07, 6.45) is 1.29. The van der Waals surface area contributed by atoms with E-state index in [1.807, 2.05) is 0 Å². The lowest BCUT2D eigenvalue weighted by atomic mass is 10.2. The minimum absolute atomic E-state index is 0.00881. The molecule has 0 saturated carbocycles. The largest absolute Gasteiger partial charge is 0.493 e. The lowest BCUT2D eigenvalue weighted by Crippen LogP contribution is -2.23. The van der Waals surface area contributed by atoms with E-state index in [4.69, 9.17) is 0 Å². The van der Waals surface area contributed by atoms with Gasteiger partial charge in [0.1, 0.15) is 5.56 Å². The number of hydrogen-bond donors (Lipinski definition) is 2. The molecule has 0 bridgehead atoms. The number of amides is 1. The van der Waals surface area contributed by atoms with Crippen LogP contribution in [0.1, 0.15) is 21.6 Å². The molecule has 0 aliphatic rings. The van der Waals surface area contributed by atoms with Crippen molar-refractivity contribution in [3.8, 4) is 5.88 Å². The average molecular weight is 327 g/mol. The predicted octanol–water partition coefficient (Wildman–Crippen LogP) is 1.58. The molecule has 0 aliphatic heterocycles. The molecule has 122 valence electrons. The van der Waals surface area contributed by atoms with Crippen molar-refractivity contribution in [3.63, 3.8) is 0 Å². The highest BCUT2D eigenvalue weighted by Crippen LogP contribution is 2.19. The number of aryl methyl sites for hydroxylation is 1. The highest BCUT2D eigenvalue weighted by Gasteiger charge is 2.18. The molecule has 2 N–H and O–H groups in total. The van der Waals surface area contributed by atoms with E-state index < -0.39 is 10.8 Å². The van der Waals surface area contributed by atoms with Crippen molar-refractivity contribution < 1.29 is 14.8 Å². The fourth-order valence-electron chi connectivity index (χ4n) is 2.33. The quantitative estimate of drug-likeness (QED) is 0.554. The van der Waals surface area contributed by atoms with Crippen molar-refractivity contribution in [2.24, 2.45) is 0 Å². The molecule has 0 spiro atoms. The van der Waals surface area contributed by atoms with Crippen LogP contribution in [0.3, 0.4) is 0 Å². The Labute approximate surface area is 135 Å². The molecule has 2 aromatic heterocycles. The first-order chi connectivity index (χ1) is 11.5. The summed E-state index contributed by atoms with van der Waals surface area (Å²) in [5.41, 5.74) is 1.25. The molecule has 3 aromatic rings. The molecule has 1 amide bonds. The Hall–Kier alpha value is -3.49. The second-order valence-corrected chi connectivity index (χ2v) is 5.12. The Morgan fingerprint density at radius 2 is 2.17 bits per heavy atom. The van der Waals surface area contributed by atoms with Crippen LogP contribution in [0.15, 0.2) is 36.5 Å². The van der Waals surface area contributed by atoms with E-state index in [9.17, 15) is 20.0 Å². The SMILES string of the molecule is Cc1cc(O)n2ncc(C(=O)NCc3ccccc3[N+](=O)[O-])c2n1. The second-order valence-electron chi connectivity index (χ2n) is 5.12. The average Bonchev–Trinajstić information content (AvgIpc) is 2.97. The van der Waals surface area contributed by atoms with Crippen LogP contribution in [-0.4, -0.2) is 30.5 Å². The van der Waals surface area contributed by atoms with E-state index >= 15 is 0 Å². The summed E-state index contributed by atoms with van der Waals surface area (Å²) in [6.45, 7) is 1.67. The van der Waals surface area contributed by atoms with Gasteiger partial charge in [0.25, 0.3) is 11.6 Å². The number of hydrogen-bond acceptors (Lipinski definition) is 6. The number of carbonyl (C=O) groups excluding carboxylic acids is 1. The summed E-state index contributed by atoms with van der Waals surface area (Å²) in [7, 11) is 0. The van der Waals surface area contributed by atoms with E-state index in [0.29, 0.717) is 11.3 Å². The number of aromatic nitrogens is 3. The maximum Gasteiger partial charge on any atom is 0.274 e. The third-order valence-electron chi connectivity index (χ3n) is 3.45. The Kier molecular flexibility index (Phi) is 3.82. The number of rotatable bonds is 4. The van der Waals surface area contributed by atoms with E-state index in [-0.39, 0.29) is 29.3 Å². The fraction of sp³-hybridized carbons (Fsp3) is 0.133. The normalized spacial score (nSPS) is 10.7. The van der Waals surface area contributed by atoms with Gasteiger partial charge in [-0.2, -0.15) is 9.61 Å².